The molecule has 0 aromatic heterocycles. The molecule has 0 aliphatic rings. The van der Waals surface area contributed by atoms with Crippen molar-refractivity contribution >= 4 is 31.9 Å². The minimum absolute atomic E-state index is 0.599. The van der Waals surface area contributed by atoms with Gasteiger partial charge in [0, 0.05) is 15.0 Å². The molecule has 1 rings (SSSR count). The Morgan fingerprint density at radius 3 is 2.29 bits per heavy atom. The summed E-state index contributed by atoms with van der Waals surface area (Å²) in [4.78, 5) is 0. The first-order valence-electron chi connectivity index (χ1n) is 4.94. The first kappa shape index (κ1) is 15.0. The fourth-order valence-corrected chi connectivity index (χ4v) is 2.62. The molecular weight excluding hydrogens is 363 g/mol. The molecule has 1 aromatic rings. The number of alkyl halides is 3. The van der Waals surface area contributed by atoms with Gasteiger partial charge in [0.1, 0.15) is 0 Å². The molecule has 0 saturated heterocycles. The van der Waals surface area contributed by atoms with Crippen molar-refractivity contribution < 1.29 is 13.2 Å². The first-order valence-corrected chi connectivity index (χ1v) is 6.52. The molecule has 0 heterocycles. The SMILES string of the molecule is CNC(CC(F)(F)F)c1cc(Br)c(C)cc1Br. The van der Waals surface area contributed by atoms with E-state index in [1.54, 1.807) is 12.1 Å². The number of aryl methyl sites for hydroxylation is 1. The molecule has 0 aliphatic heterocycles. The van der Waals surface area contributed by atoms with Crippen molar-refractivity contribution in [2.45, 2.75) is 25.6 Å². The van der Waals surface area contributed by atoms with E-state index in [0.29, 0.717) is 10.0 Å². The fraction of sp³-hybridized carbons (Fsp3) is 0.455. The van der Waals surface area contributed by atoms with Gasteiger partial charge in [-0.15, -0.1) is 0 Å². The Morgan fingerprint density at radius 1 is 1.24 bits per heavy atom. The molecule has 0 spiro atoms. The van der Waals surface area contributed by atoms with Crippen LogP contribution in [0.25, 0.3) is 0 Å². The second kappa shape index (κ2) is 5.71. The molecule has 1 N–H and O–H groups in total. The second-order valence-electron chi connectivity index (χ2n) is 3.78. The summed E-state index contributed by atoms with van der Waals surface area (Å²) in [6.07, 6.45) is -5.08. The first-order chi connectivity index (χ1) is 7.74. The van der Waals surface area contributed by atoms with Gasteiger partial charge in [-0.25, -0.2) is 0 Å². The van der Waals surface area contributed by atoms with Crippen LogP contribution in [-0.2, 0) is 0 Å². The summed E-state index contributed by atoms with van der Waals surface area (Å²) in [7, 11) is 1.52. The Bertz CT molecular complexity index is 404. The number of hydrogen-bond acceptors (Lipinski definition) is 1. The zero-order chi connectivity index (χ0) is 13.2. The molecular formula is C11H12Br2F3N. The van der Waals surface area contributed by atoms with E-state index in [1.165, 1.54) is 7.05 Å². The standard InChI is InChI=1S/C11H12Br2F3N/c1-6-3-9(13)7(4-8(6)12)10(17-2)5-11(14,15)16/h3-4,10,17H,5H2,1-2H3. The van der Waals surface area contributed by atoms with Crippen molar-refractivity contribution in [3.8, 4) is 0 Å². The van der Waals surface area contributed by atoms with Crippen LogP contribution in [0.15, 0.2) is 21.1 Å². The van der Waals surface area contributed by atoms with Crippen LogP contribution in [0.3, 0.4) is 0 Å². The molecule has 1 atom stereocenters. The maximum Gasteiger partial charge on any atom is 0.390 e. The smallest absolute Gasteiger partial charge is 0.313 e. The van der Waals surface area contributed by atoms with Crippen LogP contribution < -0.4 is 5.32 Å². The lowest BCUT2D eigenvalue weighted by atomic mass is 10.0. The molecule has 0 aliphatic carbocycles. The Hall–Kier alpha value is -0.0700. The number of halogens is 5. The quantitative estimate of drug-likeness (QED) is 0.806. The van der Waals surface area contributed by atoms with E-state index in [9.17, 15) is 13.2 Å². The maximum atomic E-state index is 12.4. The topological polar surface area (TPSA) is 12.0 Å². The predicted octanol–water partition coefficient (Wildman–Crippen LogP) is 4.73. The Balaban J connectivity index is 3.08. The number of hydrogen-bond donors (Lipinski definition) is 1. The summed E-state index contributed by atoms with van der Waals surface area (Å²) in [6, 6.07) is 2.77. The van der Waals surface area contributed by atoms with E-state index in [2.05, 4.69) is 37.2 Å². The van der Waals surface area contributed by atoms with Crippen molar-refractivity contribution in [3.05, 3.63) is 32.2 Å². The predicted molar refractivity (Wildman–Crippen MR) is 69.1 cm³/mol. The maximum absolute atomic E-state index is 12.4. The molecule has 0 fully saturated rings. The second-order valence-corrected chi connectivity index (χ2v) is 5.49. The van der Waals surface area contributed by atoms with Gasteiger partial charge < -0.3 is 5.32 Å². The zero-order valence-electron chi connectivity index (χ0n) is 9.33. The summed E-state index contributed by atoms with van der Waals surface area (Å²) in [6.45, 7) is 1.89. The van der Waals surface area contributed by atoms with Crippen LogP contribution in [-0.4, -0.2) is 13.2 Å². The third-order valence-corrected chi connectivity index (χ3v) is 3.98. The molecule has 0 radical (unpaired) electrons. The van der Waals surface area contributed by atoms with E-state index in [1.807, 2.05) is 6.92 Å². The highest BCUT2D eigenvalue weighted by molar-refractivity contribution is 9.11. The summed E-state index contributed by atoms with van der Waals surface area (Å²) in [5.41, 5.74) is 1.57. The van der Waals surface area contributed by atoms with Crippen LogP contribution in [0, 0.1) is 6.92 Å². The summed E-state index contributed by atoms with van der Waals surface area (Å²) in [5, 5.41) is 2.69. The monoisotopic (exact) mass is 373 g/mol. The number of rotatable bonds is 3. The van der Waals surface area contributed by atoms with E-state index >= 15 is 0 Å². The van der Waals surface area contributed by atoms with Gasteiger partial charge in [0.25, 0.3) is 0 Å². The zero-order valence-corrected chi connectivity index (χ0v) is 12.5. The Kier molecular flexibility index (Phi) is 5.04. The average molecular weight is 375 g/mol. The van der Waals surface area contributed by atoms with Crippen molar-refractivity contribution in [2.24, 2.45) is 0 Å². The van der Waals surface area contributed by atoms with Crippen molar-refractivity contribution in [3.63, 3.8) is 0 Å². The van der Waals surface area contributed by atoms with E-state index in [4.69, 9.17) is 0 Å². The molecule has 1 unspecified atom stereocenters. The molecule has 0 amide bonds. The van der Waals surface area contributed by atoms with E-state index < -0.39 is 18.6 Å². The lowest BCUT2D eigenvalue weighted by molar-refractivity contribution is -0.140. The number of nitrogens with one attached hydrogen (secondary N) is 1. The van der Waals surface area contributed by atoms with E-state index in [0.717, 1.165) is 10.0 Å². The highest BCUT2D eigenvalue weighted by atomic mass is 79.9. The van der Waals surface area contributed by atoms with Gasteiger partial charge in [-0.1, -0.05) is 31.9 Å². The van der Waals surface area contributed by atoms with Crippen molar-refractivity contribution in [1.29, 1.82) is 0 Å². The summed E-state index contributed by atoms with van der Waals surface area (Å²) >= 11 is 6.63. The third-order valence-electron chi connectivity index (χ3n) is 2.44. The molecule has 1 nitrogen and oxygen atoms in total. The van der Waals surface area contributed by atoms with Gasteiger partial charge >= 0.3 is 6.18 Å². The highest BCUT2D eigenvalue weighted by Gasteiger charge is 2.32. The van der Waals surface area contributed by atoms with Gasteiger partial charge in [-0.3, -0.25) is 0 Å². The van der Waals surface area contributed by atoms with Gasteiger partial charge in [0.2, 0.25) is 0 Å². The lowest BCUT2D eigenvalue weighted by Crippen LogP contribution is -2.24. The van der Waals surface area contributed by atoms with Crippen LogP contribution in [0.1, 0.15) is 23.6 Å². The normalized spacial score (nSPS) is 13.8. The molecule has 0 bridgehead atoms. The van der Waals surface area contributed by atoms with E-state index in [-0.39, 0.29) is 0 Å². The molecule has 1 aromatic carbocycles. The highest BCUT2D eigenvalue weighted by Crippen LogP contribution is 2.35. The average Bonchev–Trinajstić information content (AvgIpc) is 2.19. The Morgan fingerprint density at radius 2 is 1.82 bits per heavy atom. The van der Waals surface area contributed by atoms with Gasteiger partial charge in [0.05, 0.1) is 6.42 Å². The molecule has 0 saturated carbocycles. The van der Waals surface area contributed by atoms with Crippen LogP contribution in [0.2, 0.25) is 0 Å². The number of benzene rings is 1. The minimum Gasteiger partial charge on any atom is -0.313 e. The molecule has 17 heavy (non-hydrogen) atoms. The molecule has 96 valence electrons. The minimum atomic E-state index is -4.19. The summed E-state index contributed by atoms with van der Waals surface area (Å²) in [5.74, 6) is 0. The van der Waals surface area contributed by atoms with Crippen LogP contribution in [0.5, 0.6) is 0 Å². The Labute approximate surface area is 115 Å². The van der Waals surface area contributed by atoms with Gasteiger partial charge in [0.15, 0.2) is 0 Å². The van der Waals surface area contributed by atoms with Gasteiger partial charge in [-0.2, -0.15) is 13.2 Å². The van der Waals surface area contributed by atoms with Crippen molar-refractivity contribution in [2.75, 3.05) is 7.05 Å². The largest absolute Gasteiger partial charge is 0.390 e. The van der Waals surface area contributed by atoms with Crippen LogP contribution >= 0.6 is 31.9 Å². The third kappa shape index (κ3) is 4.26. The van der Waals surface area contributed by atoms with Gasteiger partial charge in [-0.05, 0) is 37.2 Å². The molecule has 6 heteroatoms. The fourth-order valence-electron chi connectivity index (χ4n) is 1.53. The van der Waals surface area contributed by atoms with Crippen molar-refractivity contribution in [1.82, 2.24) is 5.32 Å². The lowest BCUT2D eigenvalue weighted by Gasteiger charge is -2.20. The summed E-state index contributed by atoms with van der Waals surface area (Å²) < 4.78 is 38.8. The van der Waals surface area contributed by atoms with Crippen LogP contribution in [0.4, 0.5) is 13.2 Å².